The van der Waals surface area contributed by atoms with Gasteiger partial charge in [-0.05, 0) is 147 Å². The minimum atomic E-state index is -0.139. The van der Waals surface area contributed by atoms with Crippen LogP contribution < -0.4 is 4.90 Å². The number of hydrogen-bond acceptors (Lipinski definition) is 1. The summed E-state index contributed by atoms with van der Waals surface area (Å²) < 4.78 is 0. The van der Waals surface area contributed by atoms with E-state index in [-0.39, 0.29) is 5.41 Å². The Morgan fingerprint density at radius 3 is 2.04 bits per heavy atom. The van der Waals surface area contributed by atoms with E-state index in [1.807, 2.05) is 0 Å². The molecule has 0 radical (unpaired) electrons. The van der Waals surface area contributed by atoms with Crippen LogP contribution in [0, 0.1) is 11.8 Å². The number of benzene rings is 6. The summed E-state index contributed by atoms with van der Waals surface area (Å²) in [5.41, 5.74) is 15.1. The molecule has 3 unspecified atom stereocenters. The van der Waals surface area contributed by atoms with E-state index in [2.05, 4.69) is 146 Å². The third kappa shape index (κ3) is 5.18. The minimum Gasteiger partial charge on any atom is -0.310 e. The van der Waals surface area contributed by atoms with Crippen molar-refractivity contribution in [3.05, 3.63) is 150 Å². The maximum Gasteiger partial charge on any atom is 0.0502 e. The average Bonchev–Trinajstić information content (AvgIpc) is 3.88. The van der Waals surface area contributed by atoms with Gasteiger partial charge in [0, 0.05) is 16.8 Å². The summed E-state index contributed by atoms with van der Waals surface area (Å²) in [6.07, 6.45) is 12.3. The number of nitrogens with zero attached hydrogens (tertiary/aromatic N) is 1. The Labute approximate surface area is 304 Å². The second-order valence-electron chi connectivity index (χ2n) is 16.8. The molecule has 0 amide bonds. The van der Waals surface area contributed by atoms with Crippen LogP contribution in [0.4, 0.5) is 17.1 Å². The largest absolute Gasteiger partial charge is 0.310 e. The summed E-state index contributed by atoms with van der Waals surface area (Å²) in [4.78, 5) is 2.62. The molecule has 0 N–H and O–H groups in total. The van der Waals surface area contributed by atoms with Crippen molar-refractivity contribution in [1.29, 1.82) is 0 Å². The lowest BCUT2D eigenvalue weighted by Gasteiger charge is -2.33. The van der Waals surface area contributed by atoms with E-state index >= 15 is 0 Å². The van der Waals surface area contributed by atoms with E-state index in [0.717, 1.165) is 17.8 Å². The van der Waals surface area contributed by atoms with Crippen molar-refractivity contribution < 1.29 is 0 Å². The molecule has 3 saturated carbocycles. The fraction of sp³-hybridized carbons (Fsp3) is 0.320. The van der Waals surface area contributed by atoms with Gasteiger partial charge in [-0.2, -0.15) is 0 Å². The van der Waals surface area contributed by atoms with E-state index in [4.69, 9.17) is 0 Å². The third-order valence-electron chi connectivity index (χ3n) is 13.5. The quantitative estimate of drug-likeness (QED) is 0.171. The molecule has 4 aliphatic carbocycles. The second-order valence-corrected chi connectivity index (χ2v) is 16.8. The topological polar surface area (TPSA) is 3.24 Å². The Hall–Kier alpha value is -4.62. The first-order valence-corrected chi connectivity index (χ1v) is 19.8. The monoisotopic (exact) mass is 663 g/mol. The van der Waals surface area contributed by atoms with Gasteiger partial charge in [-0.3, -0.25) is 0 Å². The maximum atomic E-state index is 2.62. The second kappa shape index (κ2) is 12.3. The molecule has 1 nitrogen and oxygen atoms in total. The van der Waals surface area contributed by atoms with Crippen LogP contribution in [0.5, 0.6) is 0 Å². The molecule has 4 aliphatic rings. The zero-order valence-electron chi connectivity index (χ0n) is 30.2. The summed E-state index contributed by atoms with van der Waals surface area (Å²) in [5.74, 6) is 3.16. The number of hydrogen-bond donors (Lipinski definition) is 0. The normalized spacial score (nSPS) is 21.9. The Bertz CT molecular complexity index is 2240. The van der Waals surface area contributed by atoms with Crippen LogP contribution in [0.25, 0.3) is 33.0 Å². The van der Waals surface area contributed by atoms with Gasteiger partial charge >= 0.3 is 0 Å². The average molecular weight is 664 g/mol. The van der Waals surface area contributed by atoms with E-state index in [1.165, 1.54) is 125 Å². The Balaban J connectivity index is 1.14. The van der Waals surface area contributed by atoms with Crippen molar-refractivity contribution in [3.63, 3.8) is 0 Å². The van der Waals surface area contributed by atoms with Gasteiger partial charge in [0.05, 0.1) is 5.69 Å². The van der Waals surface area contributed by atoms with E-state index in [1.54, 1.807) is 5.56 Å². The highest BCUT2D eigenvalue weighted by Gasteiger charge is 2.41. The van der Waals surface area contributed by atoms with E-state index < -0.39 is 0 Å². The lowest BCUT2D eigenvalue weighted by Crippen LogP contribution is -2.18. The summed E-state index contributed by atoms with van der Waals surface area (Å²) >= 11 is 0. The van der Waals surface area contributed by atoms with Gasteiger partial charge in [-0.25, -0.2) is 0 Å². The predicted molar refractivity (Wildman–Crippen MR) is 216 cm³/mol. The number of anilines is 3. The lowest BCUT2D eigenvalue weighted by atomic mass is 9.78. The van der Waals surface area contributed by atoms with Crippen LogP contribution >= 0.6 is 0 Å². The van der Waals surface area contributed by atoms with Gasteiger partial charge in [0.1, 0.15) is 0 Å². The molecule has 3 fully saturated rings. The molecule has 0 heterocycles. The summed E-state index contributed by atoms with van der Waals surface area (Å²) in [6.45, 7) is 4.87. The lowest BCUT2D eigenvalue weighted by molar-refractivity contribution is 0.420. The van der Waals surface area contributed by atoms with Crippen molar-refractivity contribution in [3.8, 4) is 22.3 Å². The predicted octanol–water partition coefficient (Wildman–Crippen LogP) is 14.2. The summed E-state index contributed by atoms with van der Waals surface area (Å²) in [6, 6.07) is 49.1. The van der Waals surface area contributed by atoms with Crippen LogP contribution in [0.15, 0.2) is 127 Å². The van der Waals surface area contributed by atoms with Crippen molar-refractivity contribution in [2.75, 3.05) is 4.90 Å². The zero-order chi connectivity index (χ0) is 34.1. The van der Waals surface area contributed by atoms with Gasteiger partial charge in [-0.15, -0.1) is 0 Å². The summed E-state index contributed by atoms with van der Waals surface area (Å²) in [5, 5.41) is 2.67. The van der Waals surface area contributed by atoms with Crippen molar-refractivity contribution >= 4 is 27.8 Å². The first kappa shape index (κ1) is 31.1. The van der Waals surface area contributed by atoms with Crippen LogP contribution in [0.1, 0.15) is 106 Å². The highest BCUT2D eigenvalue weighted by Crippen LogP contribution is 2.55. The van der Waals surface area contributed by atoms with Gasteiger partial charge < -0.3 is 4.90 Å². The van der Waals surface area contributed by atoms with Gasteiger partial charge in [0.15, 0.2) is 0 Å². The van der Waals surface area contributed by atoms with Crippen molar-refractivity contribution in [1.82, 2.24) is 0 Å². The van der Waals surface area contributed by atoms with Crippen LogP contribution in [0.2, 0.25) is 0 Å². The van der Waals surface area contributed by atoms with E-state index in [9.17, 15) is 0 Å². The van der Waals surface area contributed by atoms with Crippen LogP contribution in [0.3, 0.4) is 0 Å². The highest BCUT2D eigenvalue weighted by atomic mass is 15.1. The molecule has 2 bridgehead atoms. The third-order valence-corrected chi connectivity index (χ3v) is 13.5. The molecule has 254 valence electrons. The highest BCUT2D eigenvalue weighted by molar-refractivity contribution is 5.94. The number of rotatable bonds is 6. The first-order chi connectivity index (χ1) is 25.0. The van der Waals surface area contributed by atoms with Crippen LogP contribution in [-0.2, 0) is 5.41 Å². The SMILES string of the molecule is CC1(C)c2cc(N(c3ccc(C4CC5CCC4C5)cc3)c3cc4ccccc4cc3C3CCCCC3)ccc2-c2cccc(-c3ccccc3)c21. The standard InChI is InChI=1S/C50H49N/c1-50(2)47-32-41(26-27-43(47)44-19-11-18-42(49(44)50)34-12-5-3-6-13-34)51(40-24-22-36(23-25-40)45-29-33-20-21-39(45)28-33)48-31-38-17-10-9-16-37(38)30-46(48)35-14-7-4-8-15-35/h3,5-6,9-13,16-19,22-27,30-33,35,39,45H,4,7-8,14-15,20-21,28-29H2,1-2H3. The van der Waals surface area contributed by atoms with Gasteiger partial charge in [0.25, 0.3) is 0 Å². The van der Waals surface area contributed by atoms with Gasteiger partial charge in [-0.1, -0.05) is 131 Å². The molecular formula is C50H49N. The Morgan fingerprint density at radius 1 is 0.569 bits per heavy atom. The zero-order valence-corrected chi connectivity index (χ0v) is 30.2. The molecular weight excluding hydrogens is 615 g/mol. The van der Waals surface area contributed by atoms with Crippen LogP contribution in [-0.4, -0.2) is 0 Å². The molecule has 6 aromatic carbocycles. The fourth-order valence-electron chi connectivity index (χ4n) is 11.0. The summed E-state index contributed by atoms with van der Waals surface area (Å²) in [7, 11) is 0. The van der Waals surface area contributed by atoms with Crippen molar-refractivity contribution in [2.24, 2.45) is 11.8 Å². The Kier molecular flexibility index (Phi) is 7.49. The van der Waals surface area contributed by atoms with E-state index in [0.29, 0.717) is 5.92 Å². The maximum absolute atomic E-state index is 2.62. The molecule has 0 aliphatic heterocycles. The molecule has 51 heavy (non-hydrogen) atoms. The Morgan fingerprint density at radius 2 is 1.29 bits per heavy atom. The molecule has 0 saturated heterocycles. The minimum absolute atomic E-state index is 0.139. The molecule has 0 aromatic heterocycles. The fourth-order valence-corrected chi connectivity index (χ4v) is 11.0. The smallest absolute Gasteiger partial charge is 0.0502 e. The molecule has 0 spiro atoms. The van der Waals surface area contributed by atoms with Gasteiger partial charge in [0.2, 0.25) is 0 Å². The molecule has 3 atom stereocenters. The first-order valence-electron chi connectivity index (χ1n) is 19.8. The molecule has 1 heteroatoms. The molecule has 6 aromatic rings. The molecule has 10 rings (SSSR count). The van der Waals surface area contributed by atoms with Crippen molar-refractivity contribution in [2.45, 2.75) is 88.9 Å². The number of fused-ring (bicyclic) bond motifs is 6.